The number of hydrogen-bond donors (Lipinski definition) is 0. The maximum Gasteiger partial charge on any atom is 0.257 e. The molecule has 1 saturated carbocycles. The molecule has 0 radical (unpaired) electrons. The fourth-order valence-corrected chi connectivity index (χ4v) is 4.22. The molecule has 4 rings (SSSR count). The van der Waals surface area contributed by atoms with Crippen LogP contribution in [0, 0.1) is 11.7 Å². The minimum atomic E-state index is -0.281. The molecule has 1 aliphatic carbocycles. The van der Waals surface area contributed by atoms with Crippen LogP contribution in [0.1, 0.15) is 49.5 Å². The van der Waals surface area contributed by atoms with Gasteiger partial charge in [-0.15, -0.1) is 0 Å². The second-order valence-corrected chi connectivity index (χ2v) is 7.57. The van der Waals surface area contributed by atoms with E-state index in [0.29, 0.717) is 23.8 Å². The lowest BCUT2D eigenvalue weighted by molar-refractivity contribution is 0.0505. The van der Waals surface area contributed by atoms with Gasteiger partial charge >= 0.3 is 0 Å². The van der Waals surface area contributed by atoms with Crippen LogP contribution in [0.5, 0.6) is 5.75 Å². The van der Waals surface area contributed by atoms with Gasteiger partial charge in [0.15, 0.2) is 0 Å². The molecule has 3 atom stereocenters. The average Bonchev–Trinajstić information content (AvgIpc) is 3.36. The Balaban J connectivity index is 1.49. The predicted octanol–water partition coefficient (Wildman–Crippen LogP) is 3.68. The van der Waals surface area contributed by atoms with Crippen LogP contribution in [0.3, 0.4) is 0 Å². The fourth-order valence-electron chi connectivity index (χ4n) is 4.22. The van der Waals surface area contributed by atoms with E-state index < -0.39 is 0 Å². The van der Waals surface area contributed by atoms with Crippen LogP contribution < -0.4 is 4.74 Å². The Morgan fingerprint density at radius 2 is 2.08 bits per heavy atom. The van der Waals surface area contributed by atoms with E-state index in [0.717, 1.165) is 19.3 Å². The minimum Gasteiger partial charge on any atom is -0.491 e. The summed E-state index contributed by atoms with van der Waals surface area (Å²) in [5, 5.41) is 4.30. The molecule has 0 N–H and O–H groups in total. The summed E-state index contributed by atoms with van der Waals surface area (Å²) in [5.41, 5.74) is 0.637. The van der Waals surface area contributed by atoms with Gasteiger partial charge in [0.2, 0.25) is 0 Å². The van der Waals surface area contributed by atoms with E-state index in [-0.39, 0.29) is 29.8 Å². The Bertz CT molecular complexity index is 787. The first-order chi connectivity index (χ1) is 12.5. The van der Waals surface area contributed by atoms with E-state index in [1.807, 2.05) is 29.6 Å². The first-order valence-corrected chi connectivity index (χ1v) is 9.28. The highest BCUT2D eigenvalue weighted by molar-refractivity contribution is 5.94. The SMILES string of the molecule is CC(C)n1cc(C(=O)N2[C@@H]3CC[C@H](C3)[C@H]2COc2ccc(F)cc2)cn1. The van der Waals surface area contributed by atoms with Gasteiger partial charge in [0.1, 0.15) is 18.2 Å². The summed E-state index contributed by atoms with van der Waals surface area (Å²) >= 11 is 0. The summed E-state index contributed by atoms with van der Waals surface area (Å²) in [7, 11) is 0. The third kappa shape index (κ3) is 3.08. The molecule has 2 fully saturated rings. The third-order valence-electron chi connectivity index (χ3n) is 5.59. The summed E-state index contributed by atoms with van der Waals surface area (Å²) in [5.74, 6) is 0.867. The van der Waals surface area contributed by atoms with Gasteiger partial charge in [0.05, 0.1) is 17.8 Å². The highest BCUT2D eigenvalue weighted by atomic mass is 19.1. The van der Waals surface area contributed by atoms with Crippen molar-refractivity contribution in [2.75, 3.05) is 6.61 Å². The fraction of sp³-hybridized carbons (Fsp3) is 0.500. The zero-order valence-corrected chi connectivity index (χ0v) is 15.1. The van der Waals surface area contributed by atoms with Crippen LogP contribution in [0.4, 0.5) is 4.39 Å². The lowest BCUT2D eigenvalue weighted by atomic mass is 9.99. The van der Waals surface area contributed by atoms with E-state index >= 15 is 0 Å². The first kappa shape index (κ1) is 17.1. The van der Waals surface area contributed by atoms with E-state index in [4.69, 9.17) is 4.74 Å². The summed E-state index contributed by atoms with van der Waals surface area (Å²) in [6.45, 7) is 4.52. The lowest BCUT2D eigenvalue weighted by Crippen LogP contribution is -2.47. The molecular weight excluding hydrogens is 333 g/mol. The van der Waals surface area contributed by atoms with Crippen LogP contribution in [0.25, 0.3) is 0 Å². The second kappa shape index (κ2) is 6.74. The van der Waals surface area contributed by atoms with Crippen LogP contribution in [-0.2, 0) is 0 Å². The summed E-state index contributed by atoms with van der Waals surface area (Å²) in [4.78, 5) is 15.1. The highest BCUT2D eigenvalue weighted by Gasteiger charge is 2.48. The van der Waals surface area contributed by atoms with Gasteiger partial charge in [-0.05, 0) is 63.3 Å². The number of nitrogens with zero attached hydrogens (tertiary/aromatic N) is 3. The molecule has 0 unspecified atom stereocenters. The number of rotatable bonds is 5. The van der Waals surface area contributed by atoms with Crippen molar-refractivity contribution in [3.05, 3.63) is 48.0 Å². The van der Waals surface area contributed by atoms with Gasteiger partial charge in [-0.2, -0.15) is 5.10 Å². The monoisotopic (exact) mass is 357 g/mol. The predicted molar refractivity (Wildman–Crippen MR) is 95.6 cm³/mol. The van der Waals surface area contributed by atoms with Crippen molar-refractivity contribution >= 4 is 5.91 Å². The molecule has 2 bridgehead atoms. The molecule has 6 heteroatoms. The lowest BCUT2D eigenvalue weighted by Gasteiger charge is -2.35. The van der Waals surface area contributed by atoms with Crippen molar-refractivity contribution in [2.24, 2.45) is 5.92 Å². The highest BCUT2D eigenvalue weighted by Crippen LogP contribution is 2.43. The van der Waals surface area contributed by atoms with Gasteiger partial charge in [0.25, 0.3) is 5.91 Å². The summed E-state index contributed by atoms with van der Waals surface area (Å²) in [6.07, 6.45) is 6.73. The normalized spacial score (nSPS) is 24.5. The number of amides is 1. The minimum absolute atomic E-state index is 0.0387. The number of aromatic nitrogens is 2. The third-order valence-corrected chi connectivity index (χ3v) is 5.59. The van der Waals surface area contributed by atoms with Crippen LogP contribution in [-0.4, -0.2) is 39.3 Å². The number of halogens is 1. The van der Waals surface area contributed by atoms with E-state index in [1.54, 1.807) is 18.3 Å². The average molecular weight is 357 g/mol. The molecule has 0 spiro atoms. The van der Waals surface area contributed by atoms with Crippen LogP contribution >= 0.6 is 0 Å². The molecule has 5 nitrogen and oxygen atoms in total. The van der Waals surface area contributed by atoms with Crippen molar-refractivity contribution in [3.8, 4) is 5.75 Å². The molecule has 2 aromatic rings. The standard InChI is InChI=1S/C20H24FN3O2/c1-13(2)23-11-15(10-22-23)20(25)24-17-6-3-14(9-17)19(24)12-26-18-7-4-16(21)5-8-18/h4-5,7-8,10-11,13-14,17,19H,3,6,9,12H2,1-2H3/t14-,17-,19-/m1/s1. The Kier molecular flexibility index (Phi) is 4.42. The number of ether oxygens (including phenoxy) is 1. The number of fused-ring (bicyclic) bond motifs is 2. The Hall–Kier alpha value is -2.37. The first-order valence-electron chi connectivity index (χ1n) is 9.28. The van der Waals surface area contributed by atoms with Gasteiger partial charge in [0, 0.05) is 18.3 Å². The Labute approximate surface area is 152 Å². The maximum absolute atomic E-state index is 13.1. The molecule has 2 heterocycles. The number of benzene rings is 1. The molecule has 2 aliphatic rings. The van der Waals surface area contributed by atoms with Gasteiger partial charge in [-0.25, -0.2) is 4.39 Å². The summed E-state index contributed by atoms with van der Waals surface area (Å²) in [6, 6.07) is 6.61. The Morgan fingerprint density at radius 3 is 2.77 bits per heavy atom. The van der Waals surface area contributed by atoms with Gasteiger partial charge in [-0.1, -0.05) is 0 Å². The maximum atomic E-state index is 13.1. The molecular formula is C20H24FN3O2. The molecule has 1 saturated heterocycles. The van der Waals surface area contributed by atoms with E-state index in [1.165, 1.54) is 12.1 Å². The number of likely N-dealkylation sites (tertiary alicyclic amines) is 1. The zero-order valence-electron chi connectivity index (χ0n) is 15.1. The van der Waals surface area contributed by atoms with Crippen molar-refractivity contribution in [3.63, 3.8) is 0 Å². The van der Waals surface area contributed by atoms with E-state index in [9.17, 15) is 9.18 Å². The molecule has 1 aliphatic heterocycles. The smallest absolute Gasteiger partial charge is 0.257 e. The van der Waals surface area contributed by atoms with Crippen molar-refractivity contribution in [2.45, 2.75) is 51.2 Å². The molecule has 26 heavy (non-hydrogen) atoms. The molecule has 1 amide bonds. The number of piperidine rings is 1. The number of hydrogen-bond acceptors (Lipinski definition) is 3. The topological polar surface area (TPSA) is 47.4 Å². The number of carbonyl (C=O) groups excluding carboxylic acids is 1. The van der Waals surface area contributed by atoms with Crippen molar-refractivity contribution < 1.29 is 13.9 Å². The summed E-state index contributed by atoms with van der Waals surface area (Å²) < 4.78 is 20.7. The Morgan fingerprint density at radius 1 is 1.31 bits per heavy atom. The van der Waals surface area contributed by atoms with Crippen LogP contribution in [0.15, 0.2) is 36.7 Å². The molecule has 1 aromatic carbocycles. The second-order valence-electron chi connectivity index (χ2n) is 7.57. The molecule has 138 valence electrons. The van der Waals surface area contributed by atoms with Gasteiger partial charge in [-0.3, -0.25) is 9.48 Å². The largest absolute Gasteiger partial charge is 0.491 e. The zero-order chi connectivity index (χ0) is 18.3. The van der Waals surface area contributed by atoms with Crippen molar-refractivity contribution in [1.82, 2.24) is 14.7 Å². The quantitative estimate of drug-likeness (QED) is 0.820. The van der Waals surface area contributed by atoms with Crippen molar-refractivity contribution in [1.29, 1.82) is 0 Å². The van der Waals surface area contributed by atoms with Gasteiger partial charge < -0.3 is 9.64 Å². The van der Waals surface area contributed by atoms with E-state index in [2.05, 4.69) is 5.10 Å². The molecule has 1 aromatic heterocycles. The number of carbonyl (C=O) groups is 1. The van der Waals surface area contributed by atoms with Crippen LogP contribution in [0.2, 0.25) is 0 Å².